The van der Waals surface area contributed by atoms with Crippen molar-refractivity contribution in [3.63, 3.8) is 0 Å². The lowest BCUT2D eigenvalue weighted by Crippen LogP contribution is -2.07. The second-order valence-corrected chi connectivity index (χ2v) is 4.97. The van der Waals surface area contributed by atoms with Crippen LogP contribution in [-0.2, 0) is 6.18 Å². The molecular formula is C17H19F3. The van der Waals surface area contributed by atoms with Gasteiger partial charge in [0.25, 0.3) is 0 Å². The van der Waals surface area contributed by atoms with Gasteiger partial charge >= 0.3 is 6.18 Å². The number of hydrogen-bond donors (Lipinski definition) is 0. The lowest BCUT2D eigenvalue weighted by atomic mass is 10.1. The van der Waals surface area contributed by atoms with Crippen LogP contribution < -0.4 is 0 Å². The molecule has 0 radical (unpaired) electrons. The summed E-state index contributed by atoms with van der Waals surface area (Å²) in [6.45, 7) is 7.30. The molecule has 0 unspecified atom stereocenters. The maximum atomic E-state index is 12.2. The normalized spacial score (nSPS) is 10.8. The molecule has 0 aliphatic rings. The molecule has 3 heteroatoms. The molecule has 0 aliphatic heterocycles. The minimum absolute atomic E-state index is 0.271. The van der Waals surface area contributed by atoms with Gasteiger partial charge in [-0.05, 0) is 39.3 Å². The van der Waals surface area contributed by atoms with Crippen LogP contribution >= 0.6 is 0 Å². The van der Waals surface area contributed by atoms with E-state index < -0.39 is 11.7 Å². The summed E-state index contributed by atoms with van der Waals surface area (Å²) in [7, 11) is 0. The molecule has 20 heavy (non-hydrogen) atoms. The summed E-state index contributed by atoms with van der Waals surface area (Å²) >= 11 is 0. The second kappa shape index (κ2) is 6.60. The first-order valence-corrected chi connectivity index (χ1v) is 6.38. The minimum atomic E-state index is -4.23. The zero-order chi connectivity index (χ0) is 15.3. The van der Waals surface area contributed by atoms with Crippen LogP contribution in [0.3, 0.4) is 0 Å². The van der Waals surface area contributed by atoms with Crippen molar-refractivity contribution in [1.29, 1.82) is 0 Å². The Balaban J connectivity index is 0.000000217. The third-order valence-electron chi connectivity index (χ3n) is 2.92. The van der Waals surface area contributed by atoms with Crippen molar-refractivity contribution < 1.29 is 13.2 Å². The molecule has 0 aliphatic carbocycles. The van der Waals surface area contributed by atoms with Gasteiger partial charge < -0.3 is 0 Å². The van der Waals surface area contributed by atoms with E-state index >= 15 is 0 Å². The minimum Gasteiger partial charge on any atom is -0.166 e. The van der Waals surface area contributed by atoms with Gasteiger partial charge in [-0.15, -0.1) is 0 Å². The van der Waals surface area contributed by atoms with E-state index in [2.05, 4.69) is 38.1 Å². The highest BCUT2D eigenvalue weighted by molar-refractivity contribution is 5.32. The lowest BCUT2D eigenvalue weighted by Gasteiger charge is -2.10. The maximum absolute atomic E-state index is 12.2. The summed E-state index contributed by atoms with van der Waals surface area (Å²) in [5.74, 6) is 0. The Kier molecular flexibility index (Phi) is 5.37. The van der Waals surface area contributed by atoms with Crippen molar-refractivity contribution in [3.8, 4) is 0 Å². The van der Waals surface area contributed by atoms with Crippen LogP contribution in [0.25, 0.3) is 0 Å². The van der Waals surface area contributed by atoms with E-state index in [1.165, 1.54) is 24.1 Å². The summed E-state index contributed by atoms with van der Waals surface area (Å²) in [6, 6.07) is 12.8. The van der Waals surface area contributed by atoms with Crippen molar-refractivity contribution >= 4 is 0 Å². The summed E-state index contributed by atoms with van der Waals surface area (Å²) < 4.78 is 36.7. The Bertz CT molecular complexity index is 530. The molecule has 0 aromatic heterocycles. The van der Waals surface area contributed by atoms with Crippen molar-refractivity contribution in [2.45, 2.75) is 33.9 Å². The van der Waals surface area contributed by atoms with Gasteiger partial charge in [-0.1, -0.05) is 53.1 Å². The Morgan fingerprint density at radius 2 is 1.05 bits per heavy atom. The molecule has 0 heterocycles. The Morgan fingerprint density at radius 1 is 0.650 bits per heavy atom. The fourth-order valence-electron chi connectivity index (χ4n) is 1.68. The molecule has 0 saturated heterocycles. The maximum Gasteiger partial charge on any atom is 0.416 e. The zero-order valence-corrected chi connectivity index (χ0v) is 12.2. The van der Waals surface area contributed by atoms with Crippen LogP contribution in [0.2, 0.25) is 0 Å². The molecule has 0 nitrogen and oxygen atoms in total. The van der Waals surface area contributed by atoms with Crippen molar-refractivity contribution in [3.05, 3.63) is 70.3 Å². The topological polar surface area (TPSA) is 0 Å². The average molecular weight is 280 g/mol. The van der Waals surface area contributed by atoms with E-state index in [0.717, 1.165) is 6.07 Å². The highest BCUT2D eigenvalue weighted by atomic mass is 19.4. The van der Waals surface area contributed by atoms with Crippen LogP contribution in [0.15, 0.2) is 42.5 Å². The molecule has 0 spiro atoms. The molecule has 0 N–H and O–H groups in total. The van der Waals surface area contributed by atoms with Gasteiger partial charge in [0.1, 0.15) is 0 Å². The van der Waals surface area contributed by atoms with Gasteiger partial charge in [0.15, 0.2) is 0 Å². The third kappa shape index (κ3) is 5.08. The summed E-state index contributed by atoms with van der Waals surface area (Å²) in [5, 5.41) is 0. The fraction of sp³-hybridized carbons (Fsp3) is 0.294. The first-order chi connectivity index (χ1) is 9.20. The van der Waals surface area contributed by atoms with Crippen molar-refractivity contribution in [1.82, 2.24) is 0 Å². The largest absolute Gasteiger partial charge is 0.416 e. The molecule has 0 atom stereocenters. The van der Waals surface area contributed by atoms with Gasteiger partial charge in [0.2, 0.25) is 0 Å². The number of rotatable bonds is 0. The molecular weight excluding hydrogens is 261 g/mol. The molecule has 2 aromatic rings. The highest BCUT2D eigenvalue weighted by Crippen LogP contribution is 2.32. The Labute approximate surface area is 118 Å². The van der Waals surface area contributed by atoms with Crippen LogP contribution in [0.4, 0.5) is 13.2 Å². The van der Waals surface area contributed by atoms with Gasteiger partial charge in [-0.3, -0.25) is 0 Å². The van der Waals surface area contributed by atoms with Gasteiger partial charge in [0.05, 0.1) is 5.56 Å². The number of benzene rings is 2. The van der Waals surface area contributed by atoms with E-state index in [0.29, 0.717) is 5.56 Å². The molecule has 0 bridgehead atoms. The summed E-state index contributed by atoms with van der Waals surface area (Å²) in [6.07, 6.45) is -4.23. The molecule has 0 saturated carbocycles. The molecule has 0 amide bonds. The van der Waals surface area contributed by atoms with E-state index in [9.17, 15) is 13.2 Å². The van der Waals surface area contributed by atoms with Crippen molar-refractivity contribution in [2.75, 3.05) is 0 Å². The first-order valence-electron chi connectivity index (χ1n) is 6.38. The van der Waals surface area contributed by atoms with Crippen LogP contribution in [-0.4, -0.2) is 0 Å². The predicted octanol–water partition coefficient (Wildman–Crippen LogP) is 5.63. The Morgan fingerprint density at radius 3 is 1.40 bits per heavy atom. The third-order valence-corrected chi connectivity index (χ3v) is 2.92. The number of halogens is 3. The smallest absolute Gasteiger partial charge is 0.166 e. The SMILES string of the molecule is Cc1ccc(C)c(C(F)(F)F)c1.Cc1ccc(C)cc1. The average Bonchev–Trinajstić information content (AvgIpc) is 2.35. The standard InChI is InChI=1S/C9H9F3.C8H10/c1-6-3-4-7(2)8(5-6)9(10,11)12;1-7-3-5-8(2)6-4-7/h3-5H,1-2H3;3-6H,1-2H3. The lowest BCUT2D eigenvalue weighted by molar-refractivity contribution is -0.138. The Hall–Kier alpha value is -1.77. The van der Waals surface area contributed by atoms with Gasteiger partial charge in [-0.25, -0.2) is 0 Å². The molecule has 108 valence electrons. The highest BCUT2D eigenvalue weighted by Gasteiger charge is 2.31. The monoisotopic (exact) mass is 280 g/mol. The molecule has 0 fully saturated rings. The summed E-state index contributed by atoms with van der Waals surface area (Å²) in [5.41, 5.74) is 3.02. The molecule has 2 aromatic carbocycles. The number of aryl methyl sites for hydroxylation is 4. The first kappa shape index (κ1) is 16.3. The number of alkyl halides is 3. The quantitative estimate of drug-likeness (QED) is 0.587. The van der Waals surface area contributed by atoms with E-state index in [1.54, 1.807) is 13.0 Å². The van der Waals surface area contributed by atoms with Gasteiger partial charge in [-0.2, -0.15) is 13.2 Å². The predicted molar refractivity (Wildman–Crippen MR) is 76.8 cm³/mol. The van der Waals surface area contributed by atoms with Crippen LogP contribution in [0.5, 0.6) is 0 Å². The van der Waals surface area contributed by atoms with E-state index in [-0.39, 0.29) is 5.56 Å². The van der Waals surface area contributed by atoms with Crippen molar-refractivity contribution in [2.24, 2.45) is 0 Å². The fourth-order valence-corrected chi connectivity index (χ4v) is 1.68. The van der Waals surface area contributed by atoms with Crippen LogP contribution in [0.1, 0.15) is 27.8 Å². The number of hydrogen-bond acceptors (Lipinski definition) is 0. The molecule has 2 rings (SSSR count). The summed E-state index contributed by atoms with van der Waals surface area (Å²) in [4.78, 5) is 0. The van der Waals surface area contributed by atoms with Gasteiger partial charge in [0, 0.05) is 0 Å². The second-order valence-electron chi connectivity index (χ2n) is 4.97. The van der Waals surface area contributed by atoms with Crippen LogP contribution in [0, 0.1) is 27.7 Å². The van der Waals surface area contributed by atoms with E-state index in [1.807, 2.05) is 0 Å². The zero-order valence-electron chi connectivity index (χ0n) is 12.2. The van der Waals surface area contributed by atoms with E-state index in [4.69, 9.17) is 0 Å².